The largest absolute Gasteiger partial charge is 0.364 e. The van der Waals surface area contributed by atoms with Crippen molar-refractivity contribution in [2.24, 2.45) is 11.7 Å². The molecule has 3 atom stereocenters. The summed E-state index contributed by atoms with van der Waals surface area (Å²) < 4.78 is 16.0. The summed E-state index contributed by atoms with van der Waals surface area (Å²) in [6.45, 7) is 3.62. The van der Waals surface area contributed by atoms with Gasteiger partial charge in [0.15, 0.2) is 11.5 Å². The molecular formula is C22H22BrFN6O3. The molecule has 1 fully saturated rings. The Balaban J connectivity index is 1.60. The molecule has 0 bridgehead atoms. The summed E-state index contributed by atoms with van der Waals surface area (Å²) in [5.74, 6) is -2.08. The molecule has 3 heterocycles. The minimum Gasteiger partial charge on any atom is -0.364 e. The van der Waals surface area contributed by atoms with E-state index in [1.54, 1.807) is 12.1 Å². The van der Waals surface area contributed by atoms with E-state index in [0.29, 0.717) is 17.3 Å². The zero-order valence-electron chi connectivity index (χ0n) is 18.0. The Bertz CT molecular complexity index is 1260. The van der Waals surface area contributed by atoms with Gasteiger partial charge >= 0.3 is 0 Å². The molecule has 1 aromatic carbocycles. The monoisotopic (exact) mass is 516 g/mol. The maximum atomic E-state index is 14.4. The topological polar surface area (TPSA) is 123 Å². The number of primary amides is 1. The number of halogens is 2. The number of anilines is 1. The third kappa shape index (κ3) is 4.20. The Hall–Kier alpha value is -3.34. The van der Waals surface area contributed by atoms with E-state index in [-0.39, 0.29) is 40.3 Å². The van der Waals surface area contributed by atoms with Gasteiger partial charge in [-0.2, -0.15) is 5.10 Å². The van der Waals surface area contributed by atoms with E-state index in [1.807, 2.05) is 13.8 Å². The normalized spacial score (nSPS) is 20.2. The van der Waals surface area contributed by atoms with Crippen molar-refractivity contribution in [1.82, 2.24) is 19.7 Å². The number of hydrogen-bond donors (Lipinski definition) is 2. The standard InChI is InChI=1S/C22H22BrFN6O3/c1-11-8-16(22(33)27-15-5-3-4-14(23)19(15)24)30(12(11)2)18(31)10-29-17-9-26-7-6-13(17)20(28-29)21(25)32/h3-7,9,11-12,16H,8,10H2,1-2H3,(H2,25,32)(H,27,33)/t11-,12-,16+/m1/s1. The predicted octanol–water partition coefficient (Wildman–Crippen LogP) is 2.70. The van der Waals surface area contributed by atoms with Crippen LogP contribution >= 0.6 is 15.9 Å². The van der Waals surface area contributed by atoms with Gasteiger partial charge in [0.1, 0.15) is 12.6 Å². The van der Waals surface area contributed by atoms with Gasteiger partial charge in [-0.25, -0.2) is 4.39 Å². The van der Waals surface area contributed by atoms with Gasteiger partial charge in [0.2, 0.25) is 11.8 Å². The van der Waals surface area contributed by atoms with Crippen LogP contribution in [0.2, 0.25) is 0 Å². The van der Waals surface area contributed by atoms with Gasteiger partial charge in [-0.15, -0.1) is 0 Å². The molecular weight excluding hydrogens is 495 g/mol. The average molecular weight is 517 g/mol. The highest BCUT2D eigenvalue weighted by Crippen LogP contribution is 2.32. The molecule has 4 rings (SSSR count). The molecule has 2 aromatic heterocycles. The van der Waals surface area contributed by atoms with E-state index in [4.69, 9.17) is 5.73 Å². The van der Waals surface area contributed by atoms with E-state index in [2.05, 4.69) is 31.3 Å². The zero-order valence-corrected chi connectivity index (χ0v) is 19.5. The van der Waals surface area contributed by atoms with Gasteiger partial charge in [0, 0.05) is 17.6 Å². The molecule has 1 aliphatic rings. The molecule has 3 aromatic rings. The van der Waals surface area contributed by atoms with Crippen molar-refractivity contribution in [3.05, 3.63) is 52.6 Å². The molecule has 0 spiro atoms. The lowest BCUT2D eigenvalue weighted by molar-refractivity contribution is -0.139. The molecule has 1 saturated heterocycles. The number of aromatic nitrogens is 3. The minimum atomic E-state index is -0.781. The lowest BCUT2D eigenvalue weighted by Crippen LogP contribution is -2.47. The maximum absolute atomic E-state index is 14.4. The van der Waals surface area contributed by atoms with Crippen molar-refractivity contribution in [3.63, 3.8) is 0 Å². The summed E-state index contributed by atoms with van der Waals surface area (Å²) in [5, 5.41) is 7.30. The van der Waals surface area contributed by atoms with Crippen molar-refractivity contribution in [2.45, 2.75) is 38.9 Å². The van der Waals surface area contributed by atoms with Crippen molar-refractivity contribution in [1.29, 1.82) is 0 Å². The number of nitrogens with one attached hydrogen (secondary N) is 1. The SMILES string of the molecule is C[C@@H]1C[C@@H](C(=O)Nc2cccc(Br)c2F)N(C(=O)Cn2nc(C(N)=O)c3ccncc32)[C@@H]1C. The second-order valence-corrected chi connectivity index (χ2v) is 8.98. The second-order valence-electron chi connectivity index (χ2n) is 8.12. The summed E-state index contributed by atoms with van der Waals surface area (Å²) in [5.41, 5.74) is 5.99. The highest BCUT2D eigenvalue weighted by Gasteiger charge is 2.43. The van der Waals surface area contributed by atoms with Crippen LogP contribution in [0.4, 0.5) is 10.1 Å². The number of carbonyl (C=O) groups excluding carboxylic acids is 3. The third-order valence-corrected chi connectivity index (χ3v) is 6.68. The summed E-state index contributed by atoms with van der Waals surface area (Å²) in [6, 6.07) is 5.20. The van der Waals surface area contributed by atoms with Gasteiger partial charge in [-0.1, -0.05) is 13.0 Å². The molecule has 0 radical (unpaired) electrons. The van der Waals surface area contributed by atoms with E-state index < -0.39 is 23.7 Å². The Morgan fingerprint density at radius 1 is 1.27 bits per heavy atom. The highest BCUT2D eigenvalue weighted by molar-refractivity contribution is 9.10. The molecule has 1 aliphatic heterocycles. The van der Waals surface area contributed by atoms with Crippen molar-refractivity contribution in [3.8, 4) is 0 Å². The number of pyridine rings is 1. The number of nitrogens with two attached hydrogens (primary N) is 1. The van der Waals surface area contributed by atoms with Gasteiger partial charge in [0.25, 0.3) is 5.91 Å². The molecule has 0 unspecified atom stereocenters. The lowest BCUT2D eigenvalue weighted by Gasteiger charge is -2.28. The van der Waals surface area contributed by atoms with Crippen LogP contribution in [0.15, 0.2) is 41.1 Å². The smallest absolute Gasteiger partial charge is 0.269 e. The number of nitrogens with zero attached hydrogens (tertiary/aromatic N) is 4. The maximum Gasteiger partial charge on any atom is 0.269 e. The van der Waals surface area contributed by atoms with Gasteiger partial charge in [-0.3, -0.25) is 24.0 Å². The molecule has 172 valence electrons. The van der Waals surface area contributed by atoms with E-state index >= 15 is 0 Å². The predicted molar refractivity (Wildman–Crippen MR) is 123 cm³/mol. The van der Waals surface area contributed by atoms with Gasteiger partial charge in [0.05, 0.1) is 21.9 Å². The zero-order chi connectivity index (χ0) is 23.9. The van der Waals surface area contributed by atoms with E-state index in [0.717, 1.165) is 0 Å². The lowest BCUT2D eigenvalue weighted by atomic mass is 10.0. The van der Waals surface area contributed by atoms with Crippen LogP contribution in [0.3, 0.4) is 0 Å². The third-order valence-electron chi connectivity index (χ3n) is 6.07. The Morgan fingerprint density at radius 2 is 2.03 bits per heavy atom. The first-order valence-electron chi connectivity index (χ1n) is 10.4. The van der Waals surface area contributed by atoms with Crippen LogP contribution in [0.1, 0.15) is 30.8 Å². The molecule has 9 nitrogen and oxygen atoms in total. The molecule has 3 N–H and O–H groups in total. The number of amides is 3. The first-order chi connectivity index (χ1) is 15.7. The molecule has 0 aliphatic carbocycles. The fourth-order valence-electron chi connectivity index (χ4n) is 4.20. The summed E-state index contributed by atoms with van der Waals surface area (Å²) in [7, 11) is 0. The molecule has 11 heteroatoms. The Morgan fingerprint density at radius 3 is 2.76 bits per heavy atom. The number of rotatable bonds is 5. The van der Waals surface area contributed by atoms with Crippen molar-refractivity contribution in [2.75, 3.05) is 5.32 Å². The Kier molecular flexibility index (Phi) is 6.15. The minimum absolute atomic E-state index is 0.0317. The van der Waals surface area contributed by atoms with Crippen LogP contribution in [-0.2, 0) is 16.1 Å². The van der Waals surface area contributed by atoms with Crippen LogP contribution in [0.25, 0.3) is 10.9 Å². The number of benzene rings is 1. The van der Waals surface area contributed by atoms with E-state index in [9.17, 15) is 18.8 Å². The summed E-state index contributed by atoms with van der Waals surface area (Å²) >= 11 is 3.10. The fraction of sp³-hybridized carbons (Fsp3) is 0.318. The van der Waals surface area contributed by atoms with Crippen molar-refractivity contribution < 1.29 is 18.8 Å². The second kappa shape index (κ2) is 8.89. The highest BCUT2D eigenvalue weighted by atomic mass is 79.9. The summed E-state index contributed by atoms with van der Waals surface area (Å²) in [6.07, 6.45) is 3.44. The Labute approximate surface area is 197 Å². The van der Waals surface area contributed by atoms with Crippen molar-refractivity contribution >= 4 is 50.2 Å². The number of carbonyl (C=O) groups is 3. The van der Waals surface area contributed by atoms with E-state index in [1.165, 1.54) is 34.1 Å². The quantitative estimate of drug-likeness (QED) is 0.539. The van der Waals surface area contributed by atoms with Crippen LogP contribution < -0.4 is 11.1 Å². The van der Waals surface area contributed by atoms with Gasteiger partial charge in [-0.05, 0) is 53.4 Å². The molecule has 3 amide bonds. The first-order valence-corrected chi connectivity index (χ1v) is 11.1. The van der Waals surface area contributed by atoms with Crippen LogP contribution in [-0.4, -0.2) is 49.5 Å². The molecule has 0 saturated carbocycles. The average Bonchev–Trinajstić information content (AvgIpc) is 3.29. The molecule has 33 heavy (non-hydrogen) atoms. The van der Waals surface area contributed by atoms with Crippen LogP contribution in [0, 0.1) is 11.7 Å². The number of fused-ring (bicyclic) bond motifs is 1. The van der Waals surface area contributed by atoms with Crippen LogP contribution in [0.5, 0.6) is 0 Å². The number of hydrogen-bond acceptors (Lipinski definition) is 5. The van der Waals surface area contributed by atoms with Gasteiger partial charge < -0.3 is 16.0 Å². The first kappa shape index (κ1) is 22.8. The number of likely N-dealkylation sites (tertiary alicyclic amines) is 1. The fourth-order valence-corrected chi connectivity index (χ4v) is 4.57. The summed E-state index contributed by atoms with van der Waals surface area (Å²) in [4.78, 5) is 43.7.